The molecular weight excluding hydrogens is 428 g/mol. The Kier molecular flexibility index (Phi) is 44.1. The van der Waals surface area contributed by atoms with Gasteiger partial charge in [0.25, 0.3) is 0 Å². The maximum atomic E-state index is 12.0. The second-order valence-corrected chi connectivity index (χ2v) is 19.9. The lowest BCUT2D eigenvalue weighted by Crippen LogP contribution is -2.52. The molecule has 0 unspecified atom stereocenters. The molecule has 9 heteroatoms. The van der Waals surface area contributed by atoms with E-state index in [1.807, 2.05) is 26.2 Å². The highest BCUT2D eigenvalue weighted by Crippen LogP contribution is 2.22. The molecular formula is C21H64N2O4Si3. The molecule has 6 nitrogen and oxygen atoms in total. The Bertz CT molecular complexity index is 400. The van der Waals surface area contributed by atoms with Gasteiger partial charge in [0.15, 0.2) is 16.6 Å². The van der Waals surface area contributed by atoms with Crippen LogP contribution < -0.4 is 10.6 Å². The minimum Gasteiger partial charge on any atom is -0.437 e. The zero-order valence-corrected chi connectivity index (χ0v) is 18.3. The Morgan fingerprint density at radius 2 is 1.03 bits per heavy atom. The predicted molar refractivity (Wildman–Crippen MR) is 151 cm³/mol. The van der Waals surface area contributed by atoms with Crippen molar-refractivity contribution in [2.45, 2.75) is 125 Å². The third-order valence-electron chi connectivity index (χ3n) is 2.55. The lowest BCUT2D eigenvalue weighted by molar-refractivity contribution is -0.121. The van der Waals surface area contributed by atoms with Crippen LogP contribution in [0.2, 0.25) is 51.9 Å². The van der Waals surface area contributed by atoms with Gasteiger partial charge in [0.2, 0.25) is 11.8 Å². The van der Waals surface area contributed by atoms with Gasteiger partial charge in [-0.25, -0.2) is 0 Å². The van der Waals surface area contributed by atoms with Crippen LogP contribution in [0.15, 0.2) is 0 Å². The molecule has 0 heterocycles. The molecule has 0 aliphatic carbocycles. The lowest BCUT2D eigenvalue weighted by atomic mass is 10.5. The molecule has 0 aromatic rings. The molecule has 0 fully saturated rings. The van der Waals surface area contributed by atoms with E-state index in [1.165, 1.54) is 0 Å². The summed E-state index contributed by atoms with van der Waals surface area (Å²) in [6.45, 7) is 16.5. The minimum atomic E-state index is -2.22. The summed E-state index contributed by atoms with van der Waals surface area (Å²) in [5, 5.41) is 5.33. The second-order valence-electron chi connectivity index (χ2n) is 7.38. The average molecular weight is 493 g/mol. The van der Waals surface area contributed by atoms with Crippen LogP contribution in [0.5, 0.6) is 0 Å². The zero-order valence-electron chi connectivity index (χ0n) is 15.3. The number of rotatable bonds is 9. The molecule has 30 heavy (non-hydrogen) atoms. The summed E-state index contributed by atoms with van der Waals surface area (Å²) >= 11 is 0. The minimum absolute atomic E-state index is 0. The van der Waals surface area contributed by atoms with Crippen LogP contribution in [0.1, 0.15) is 72.8 Å². The standard InChI is InChI=1S/C13H32N2O4Si3.8CH4/c1-9-12(16)14-11-15-13(17)10-21(5,6)19-22(7,8)18-20(2,3)4;;;;;;;;/h9-11H2,1-8H3,(H,14,16)(H,15,17);8*1H4. The number of hydrogen-bond donors (Lipinski definition) is 2. The summed E-state index contributed by atoms with van der Waals surface area (Å²) in [6, 6.07) is 0.362. The summed E-state index contributed by atoms with van der Waals surface area (Å²) in [5.41, 5.74) is 0. The Morgan fingerprint density at radius 1 is 0.667 bits per heavy atom. The molecule has 0 bridgehead atoms. The van der Waals surface area contributed by atoms with E-state index in [1.54, 1.807) is 6.92 Å². The second kappa shape index (κ2) is 23.2. The quantitative estimate of drug-likeness (QED) is 0.259. The van der Waals surface area contributed by atoms with E-state index >= 15 is 0 Å². The van der Waals surface area contributed by atoms with Crippen LogP contribution in [-0.2, 0) is 17.8 Å². The fraction of sp³-hybridized carbons (Fsp3) is 0.905. The van der Waals surface area contributed by atoms with Crippen molar-refractivity contribution >= 4 is 37.0 Å². The molecule has 0 spiro atoms. The monoisotopic (exact) mass is 492 g/mol. The summed E-state index contributed by atoms with van der Waals surface area (Å²) < 4.78 is 12.4. The van der Waals surface area contributed by atoms with Crippen LogP contribution >= 0.6 is 0 Å². The van der Waals surface area contributed by atoms with Gasteiger partial charge in [0, 0.05) is 12.5 Å². The molecule has 0 radical (unpaired) electrons. The smallest absolute Gasteiger partial charge is 0.311 e. The fourth-order valence-corrected chi connectivity index (χ4v) is 15.2. The third-order valence-corrected chi connectivity index (χ3v) is 12.3. The van der Waals surface area contributed by atoms with Gasteiger partial charge in [0.05, 0.1) is 6.67 Å². The van der Waals surface area contributed by atoms with Crippen molar-refractivity contribution in [1.29, 1.82) is 0 Å². The van der Waals surface area contributed by atoms with E-state index in [4.69, 9.17) is 8.23 Å². The van der Waals surface area contributed by atoms with Crippen LogP contribution in [0.25, 0.3) is 0 Å². The highest BCUT2D eigenvalue weighted by Gasteiger charge is 2.38. The molecule has 0 aromatic carbocycles. The first kappa shape index (κ1) is 57.0. The predicted octanol–water partition coefficient (Wildman–Crippen LogP) is 7.45. The van der Waals surface area contributed by atoms with Crippen molar-refractivity contribution in [3.63, 3.8) is 0 Å². The topological polar surface area (TPSA) is 76.7 Å². The van der Waals surface area contributed by atoms with Gasteiger partial charge >= 0.3 is 8.56 Å². The van der Waals surface area contributed by atoms with E-state index < -0.39 is 25.2 Å². The van der Waals surface area contributed by atoms with E-state index in [9.17, 15) is 9.59 Å². The number of nitrogens with one attached hydrogen (secondary N) is 2. The first-order valence-electron chi connectivity index (χ1n) is 7.70. The van der Waals surface area contributed by atoms with E-state index in [2.05, 4.69) is 30.3 Å². The number of amides is 2. The van der Waals surface area contributed by atoms with Gasteiger partial charge in [-0.1, -0.05) is 66.3 Å². The fourth-order valence-electron chi connectivity index (χ4n) is 2.28. The summed E-state index contributed by atoms with van der Waals surface area (Å²) in [6.07, 6.45) is 0.410. The van der Waals surface area contributed by atoms with E-state index in [-0.39, 0.29) is 77.9 Å². The number of hydrogen-bond acceptors (Lipinski definition) is 4. The van der Waals surface area contributed by atoms with Crippen molar-refractivity contribution in [2.24, 2.45) is 0 Å². The van der Waals surface area contributed by atoms with Crippen LogP contribution in [-0.4, -0.2) is 43.7 Å². The lowest BCUT2D eigenvalue weighted by Gasteiger charge is -2.37. The molecule has 2 N–H and O–H groups in total. The van der Waals surface area contributed by atoms with Gasteiger partial charge in [-0.05, 0) is 45.8 Å². The molecule has 0 atom stereocenters. The largest absolute Gasteiger partial charge is 0.437 e. The normalized spacial score (nSPS) is 9.47. The first-order valence-corrected chi connectivity index (χ1v) is 17.0. The molecule has 194 valence electrons. The molecule has 0 saturated carbocycles. The zero-order chi connectivity index (χ0) is 17.6. The number of carbonyl (C=O) groups is 2. The van der Waals surface area contributed by atoms with Crippen molar-refractivity contribution in [1.82, 2.24) is 10.6 Å². The van der Waals surface area contributed by atoms with Crippen LogP contribution in [0.3, 0.4) is 0 Å². The van der Waals surface area contributed by atoms with Gasteiger partial charge < -0.3 is 18.9 Å². The maximum Gasteiger partial charge on any atom is 0.311 e. The van der Waals surface area contributed by atoms with Crippen molar-refractivity contribution in [2.75, 3.05) is 6.67 Å². The Labute approximate surface area is 196 Å². The van der Waals surface area contributed by atoms with Gasteiger partial charge in [-0.15, -0.1) is 0 Å². The SMILES string of the molecule is C.C.C.C.C.C.C.C.CCC(=O)NCNC(=O)C[Si](C)(C)O[Si](C)(C)O[Si](C)(C)C. The van der Waals surface area contributed by atoms with Gasteiger partial charge in [-0.2, -0.15) is 0 Å². The Morgan fingerprint density at radius 3 is 1.37 bits per heavy atom. The first-order chi connectivity index (χ1) is 9.76. The Balaban J connectivity index is -0.0000000787. The van der Waals surface area contributed by atoms with Crippen molar-refractivity contribution in [3.8, 4) is 0 Å². The van der Waals surface area contributed by atoms with Gasteiger partial charge in [-0.3, -0.25) is 9.59 Å². The van der Waals surface area contributed by atoms with Crippen molar-refractivity contribution in [3.05, 3.63) is 0 Å². The highest BCUT2D eigenvalue weighted by molar-refractivity contribution is 6.88. The molecule has 0 rings (SSSR count). The van der Waals surface area contributed by atoms with Crippen LogP contribution in [0, 0.1) is 0 Å². The molecule has 2 amide bonds. The van der Waals surface area contributed by atoms with Crippen molar-refractivity contribution < 1.29 is 17.8 Å². The molecule has 0 aliphatic rings. The van der Waals surface area contributed by atoms with E-state index in [0.717, 1.165) is 0 Å². The summed E-state index contributed by atoms with van der Waals surface area (Å²) in [5.74, 6) is -0.170. The molecule has 0 aromatic heterocycles. The van der Waals surface area contributed by atoms with E-state index in [0.29, 0.717) is 12.5 Å². The average Bonchev–Trinajstić information content (AvgIpc) is 2.22. The highest BCUT2D eigenvalue weighted by atomic mass is 28.5. The molecule has 0 aliphatic heterocycles. The maximum absolute atomic E-state index is 12.0. The van der Waals surface area contributed by atoms with Gasteiger partial charge in [0.1, 0.15) is 0 Å². The Hall–Kier alpha value is -0.489. The molecule has 0 saturated heterocycles. The third kappa shape index (κ3) is 32.2. The summed E-state index contributed by atoms with van der Waals surface area (Å²) in [4.78, 5) is 23.1. The van der Waals surface area contributed by atoms with Crippen LogP contribution in [0.4, 0.5) is 0 Å². The summed E-state index contributed by atoms with van der Waals surface area (Å²) in [7, 11) is -6.03. The number of carbonyl (C=O) groups excluding carboxylic acids is 2.